The summed E-state index contributed by atoms with van der Waals surface area (Å²) in [5.41, 5.74) is 0.216. The number of anilines is 1. The van der Waals surface area contributed by atoms with E-state index in [1.54, 1.807) is 19.3 Å². The first kappa shape index (κ1) is 15.5. The highest BCUT2D eigenvalue weighted by Gasteiger charge is 2.32. The number of hydrogen-bond acceptors (Lipinski definition) is 6. The van der Waals surface area contributed by atoms with E-state index < -0.39 is 5.60 Å². The lowest BCUT2D eigenvalue weighted by molar-refractivity contribution is -0.0164. The smallest absolute Gasteiger partial charge is 0.268 e. The Hall–Kier alpha value is -1.44. The Morgan fingerprint density at radius 2 is 2.14 bits per heavy atom. The second-order valence-corrected chi connectivity index (χ2v) is 6.44. The highest BCUT2D eigenvalue weighted by atomic mass is 16.3. The molecule has 22 heavy (non-hydrogen) atoms. The molecule has 0 saturated carbocycles. The number of piperidine rings is 1. The van der Waals surface area contributed by atoms with Crippen molar-refractivity contribution in [2.24, 2.45) is 7.05 Å². The van der Waals surface area contributed by atoms with Gasteiger partial charge in [0.05, 0.1) is 17.5 Å². The Morgan fingerprint density at radius 3 is 2.77 bits per heavy atom. The lowest BCUT2D eigenvalue weighted by Gasteiger charge is -2.41. The lowest BCUT2D eigenvalue weighted by atomic mass is 9.93. The molecule has 0 amide bonds. The van der Waals surface area contributed by atoms with Crippen molar-refractivity contribution < 1.29 is 5.11 Å². The average molecular weight is 307 g/mol. The maximum atomic E-state index is 11.7. The van der Waals surface area contributed by atoms with Crippen LogP contribution in [0.25, 0.3) is 0 Å². The quantitative estimate of drug-likeness (QED) is 0.747. The van der Waals surface area contributed by atoms with E-state index in [2.05, 4.69) is 20.2 Å². The van der Waals surface area contributed by atoms with Crippen LogP contribution in [0.3, 0.4) is 0 Å². The molecule has 3 rings (SSSR count). The van der Waals surface area contributed by atoms with Crippen LogP contribution in [0.15, 0.2) is 17.1 Å². The van der Waals surface area contributed by atoms with Gasteiger partial charge in [0, 0.05) is 52.4 Å². The fraction of sp³-hybridized carbons (Fsp3) is 0.733. The summed E-state index contributed by atoms with van der Waals surface area (Å²) >= 11 is 0. The number of nitrogens with one attached hydrogen (secondary N) is 1. The Kier molecular flexibility index (Phi) is 4.46. The van der Waals surface area contributed by atoms with Gasteiger partial charge in [-0.2, -0.15) is 5.10 Å². The first-order valence-electron chi connectivity index (χ1n) is 8.00. The van der Waals surface area contributed by atoms with Crippen molar-refractivity contribution in [3.63, 3.8) is 0 Å². The van der Waals surface area contributed by atoms with Gasteiger partial charge in [0.15, 0.2) is 0 Å². The summed E-state index contributed by atoms with van der Waals surface area (Å²) in [6, 6.07) is 1.64. The molecule has 3 heterocycles. The predicted molar refractivity (Wildman–Crippen MR) is 85.2 cm³/mol. The predicted octanol–water partition coefficient (Wildman–Crippen LogP) is -0.983. The second kappa shape index (κ2) is 6.36. The molecule has 0 aromatic carbocycles. The van der Waals surface area contributed by atoms with Gasteiger partial charge in [-0.15, -0.1) is 0 Å². The van der Waals surface area contributed by atoms with Crippen molar-refractivity contribution in [1.29, 1.82) is 0 Å². The molecular weight excluding hydrogens is 282 g/mol. The van der Waals surface area contributed by atoms with Gasteiger partial charge in [-0.05, 0) is 19.4 Å². The zero-order valence-corrected chi connectivity index (χ0v) is 13.2. The third-order valence-electron chi connectivity index (χ3n) is 4.66. The van der Waals surface area contributed by atoms with Gasteiger partial charge in [-0.3, -0.25) is 9.69 Å². The SMILES string of the molecule is Cn1ncc(N2CCN(CC3(O)CCCNC3)CC2)cc1=O. The van der Waals surface area contributed by atoms with Crippen LogP contribution in [0.2, 0.25) is 0 Å². The highest BCUT2D eigenvalue weighted by Crippen LogP contribution is 2.19. The number of aliphatic hydroxyl groups is 1. The topological polar surface area (TPSA) is 73.6 Å². The first-order chi connectivity index (χ1) is 10.6. The molecule has 1 unspecified atom stereocenters. The first-order valence-corrected chi connectivity index (χ1v) is 8.00. The fourth-order valence-corrected chi connectivity index (χ4v) is 3.30. The summed E-state index contributed by atoms with van der Waals surface area (Å²) in [7, 11) is 1.66. The largest absolute Gasteiger partial charge is 0.387 e. The number of nitrogens with zero attached hydrogens (tertiary/aromatic N) is 4. The molecule has 2 aliphatic rings. The van der Waals surface area contributed by atoms with Crippen molar-refractivity contribution in [2.75, 3.05) is 50.7 Å². The summed E-state index contributed by atoms with van der Waals surface area (Å²) in [5, 5.41) is 18.0. The second-order valence-electron chi connectivity index (χ2n) is 6.44. The molecule has 2 fully saturated rings. The zero-order chi connectivity index (χ0) is 15.6. The third kappa shape index (κ3) is 3.48. The van der Waals surface area contributed by atoms with Gasteiger partial charge >= 0.3 is 0 Å². The number of β-amino-alcohol motifs (C(OH)–C–C–N with tert-alkyl or cyclic N) is 1. The molecule has 0 radical (unpaired) electrons. The molecule has 7 heteroatoms. The monoisotopic (exact) mass is 307 g/mol. The van der Waals surface area contributed by atoms with E-state index in [-0.39, 0.29) is 5.56 Å². The molecule has 122 valence electrons. The van der Waals surface area contributed by atoms with Gasteiger partial charge in [-0.1, -0.05) is 0 Å². The summed E-state index contributed by atoms with van der Waals surface area (Å²) in [5.74, 6) is 0. The van der Waals surface area contributed by atoms with E-state index >= 15 is 0 Å². The molecular formula is C15H25N5O2. The van der Waals surface area contributed by atoms with Crippen LogP contribution >= 0.6 is 0 Å². The summed E-state index contributed by atoms with van der Waals surface area (Å²) in [6.07, 6.45) is 3.66. The van der Waals surface area contributed by atoms with Crippen LogP contribution < -0.4 is 15.8 Å². The van der Waals surface area contributed by atoms with Gasteiger partial charge in [-0.25, -0.2) is 4.68 Å². The number of aromatic nitrogens is 2. The van der Waals surface area contributed by atoms with Crippen LogP contribution in [-0.4, -0.2) is 71.2 Å². The minimum Gasteiger partial charge on any atom is -0.387 e. The van der Waals surface area contributed by atoms with Gasteiger partial charge < -0.3 is 15.3 Å². The fourth-order valence-electron chi connectivity index (χ4n) is 3.30. The molecule has 2 aliphatic heterocycles. The van der Waals surface area contributed by atoms with Crippen LogP contribution in [0.1, 0.15) is 12.8 Å². The third-order valence-corrected chi connectivity index (χ3v) is 4.66. The van der Waals surface area contributed by atoms with Gasteiger partial charge in [0.1, 0.15) is 0 Å². The molecule has 0 spiro atoms. The molecule has 1 aromatic rings. The minimum atomic E-state index is -0.593. The summed E-state index contributed by atoms with van der Waals surface area (Å²) < 4.78 is 1.34. The van der Waals surface area contributed by atoms with E-state index in [4.69, 9.17) is 0 Å². The number of hydrogen-bond donors (Lipinski definition) is 2. The molecule has 1 atom stereocenters. The van der Waals surface area contributed by atoms with E-state index in [0.29, 0.717) is 6.54 Å². The molecule has 2 N–H and O–H groups in total. The van der Waals surface area contributed by atoms with Crippen molar-refractivity contribution in [3.05, 3.63) is 22.6 Å². The normalized spacial score (nSPS) is 27.1. The van der Waals surface area contributed by atoms with E-state index in [0.717, 1.165) is 57.8 Å². The van der Waals surface area contributed by atoms with Gasteiger partial charge in [0.25, 0.3) is 5.56 Å². The molecule has 0 bridgehead atoms. The molecule has 7 nitrogen and oxygen atoms in total. The van der Waals surface area contributed by atoms with Crippen molar-refractivity contribution in [2.45, 2.75) is 18.4 Å². The van der Waals surface area contributed by atoms with Crippen molar-refractivity contribution in [3.8, 4) is 0 Å². The maximum absolute atomic E-state index is 11.7. The van der Waals surface area contributed by atoms with Crippen LogP contribution in [0.5, 0.6) is 0 Å². The van der Waals surface area contributed by atoms with Crippen LogP contribution in [0.4, 0.5) is 5.69 Å². The zero-order valence-electron chi connectivity index (χ0n) is 13.2. The molecule has 1 aromatic heterocycles. The minimum absolute atomic E-state index is 0.0810. The standard InChI is InChI=1S/C15H25N5O2/c1-18-14(21)9-13(10-17-18)20-7-5-19(6-8-20)12-15(22)3-2-4-16-11-15/h9-10,16,22H,2-8,11-12H2,1H3. The Morgan fingerprint density at radius 1 is 1.36 bits per heavy atom. The van der Waals surface area contributed by atoms with Crippen molar-refractivity contribution in [1.82, 2.24) is 20.0 Å². The highest BCUT2D eigenvalue weighted by molar-refractivity contribution is 5.43. The van der Waals surface area contributed by atoms with Crippen LogP contribution in [0, 0.1) is 0 Å². The van der Waals surface area contributed by atoms with E-state index in [1.807, 2.05) is 0 Å². The lowest BCUT2D eigenvalue weighted by Crippen LogP contribution is -2.56. The van der Waals surface area contributed by atoms with Crippen LogP contribution in [-0.2, 0) is 7.05 Å². The Labute approximate surface area is 130 Å². The van der Waals surface area contributed by atoms with E-state index in [9.17, 15) is 9.90 Å². The maximum Gasteiger partial charge on any atom is 0.268 e. The molecule has 2 saturated heterocycles. The molecule has 0 aliphatic carbocycles. The Bertz CT molecular complexity index is 559. The number of aryl methyl sites for hydroxylation is 1. The Balaban J connectivity index is 1.55. The van der Waals surface area contributed by atoms with Crippen molar-refractivity contribution >= 4 is 5.69 Å². The van der Waals surface area contributed by atoms with E-state index in [1.165, 1.54) is 4.68 Å². The average Bonchev–Trinajstić information content (AvgIpc) is 2.51. The number of rotatable bonds is 3. The summed E-state index contributed by atoms with van der Waals surface area (Å²) in [6.45, 7) is 5.94. The summed E-state index contributed by atoms with van der Waals surface area (Å²) in [4.78, 5) is 16.2. The van der Waals surface area contributed by atoms with Gasteiger partial charge in [0.2, 0.25) is 0 Å². The number of piperazine rings is 1.